The number of esters is 1. The lowest BCUT2D eigenvalue weighted by molar-refractivity contribution is -0.250. The Labute approximate surface area is 313 Å². The molecule has 1 heterocycles. The fourth-order valence-electron chi connectivity index (χ4n) is 14.2. The van der Waals surface area contributed by atoms with E-state index in [1.54, 1.807) is 13.8 Å². The second kappa shape index (κ2) is 13.1. The van der Waals surface area contributed by atoms with E-state index in [1.165, 1.54) is 18.2 Å². The zero-order valence-corrected chi connectivity index (χ0v) is 34.4. The molecule has 6 fully saturated rings. The molecule has 1 amide bonds. The molecule has 2 N–H and O–H groups in total. The van der Waals surface area contributed by atoms with E-state index >= 15 is 0 Å². The second-order valence-corrected chi connectivity index (χ2v) is 22.4. The number of sulfonamides is 1. The van der Waals surface area contributed by atoms with Gasteiger partial charge in [-0.1, -0.05) is 46.8 Å². The molecule has 6 aliphatic rings. The van der Waals surface area contributed by atoms with Crippen molar-refractivity contribution in [2.24, 2.45) is 62.1 Å². The minimum absolute atomic E-state index is 0.0450. The average Bonchev–Trinajstić information content (AvgIpc) is 3.63. The number of carboxylic acids is 1. The molecule has 0 bridgehead atoms. The molecule has 10 heteroatoms. The minimum Gasteiger partial charge on any atom is -0.481 e. The molecule has 0 spiro atoms. The zero-order chi connectivity index (χ0) is 38.4. The summed E-state index contributed by atoms with van der Waals surface area (Å²) >= 11 is 0. The molecular weight excluding hydrogens is 677 g/mol. The highest BCUT2D eigenvalue weighted by Gasteiger charge is 2.71. The first-order chi connectivity index (χ1) is 23.9. The lowest BCUT2D eigenvalue weighted by atomic mass is 9.32. The highest BCUT2D eigenvalue weighted by atomic mass is 32.2. The van der Waals surface area contributed by atoms with E-state index in [4.69, 9.17) is 4.74 Å². The number of allylic oxidation sites excluding steroid dienone is 1. The van der Waals surface area contributed by atoms with Crippen LogP contribution in [0.1, 0.15) is 139 Å². The second-order valence-electron chi connectivity index (χ2n) is 20.6. The van der Waals surface area contributed by atoms with Crippen LogP contribution >= 0.6 is 0 Å². The number of carboxylic acid groups (broad SMARTS) is 1. The lowest BCUT2D eigenvalue weighted by Crippen LogP contribution is -2.67. The Morgan fingerprint density at radius 1 is 0.904 bits per heavy atom. The first kappa shape index (κ1) is 39.7. The van der Waals surface area contributed by atoms with Crippen molar-refractivity contribution in [3.8, 4) is 0 Å². The monoisotopic (exact) mass is 744 g/mol. The fraction of sp³-hybridized carbons (Fsp3) is 0.881. The summed E-state index contributed by atoms with van der Waals surface area (Å²) < 4.78 is 32.7. The number of ether oxygens (including phenoxy) is 1. The van der Waals surface area contributed by atoms with Crippen molar-refractivity contribution in [3.63, 3.8) is 0 Å². The number of likely N-dealkylation sites (tertiary alicyclic amines) is 1. The van der Waals surface area contributed by atoms with Gasteiger partial charge in [0.2, 0.25) is 15.9 Å². The number of carbonyl (C=O) groups is 3. The predicted molar refractivity (Wildman–Crippen MR) is 202 cm³/mol. The Bertz CT molecular complexity index is 1590. The normalized spacial score (nSPS) is 42.7. The van der Waals surface area contributed by atoms with E-state index in [-0.39, 0.29) is 51.5 Å². The van der Waals surface area contributed by atoms with E-state index in [2.05, 4.69) is 52.8 Å². The number of nitrogens with one attached hydrogen (secondary N) is 1. The van der Waals surface area contributed by atoms with Crippen LogP contribution in [0.25, 0.3) is 0 Å². The molecular formula is C42H68N2O7S. The molecule has 0 aromatic heterocycles. The van der Waals surface area contributed by atoms with Gasteiger partial charge in [0.05, 0.1) is 18.1 Å². The molecule has 0 unspecified atom stereocenters. The molecule has 9 nitrogen and oxygen atoms in total. The van der Waals surface area contributed by atoms with Crippen LogP contribution in [0.15, 0.2) is 12.2 Å². The van der Waals surface area contributed by atoms with Crippen LogP contribution in [0.5, 0.6) is 0 Å². The third-order valence-corrected chi connectivity index (χ3v) is 17.8. The first-order valence-electron chi connectivity index (χ1n) is 20.2. The number of fused-ring (bicyclic) bond motifs is 7. The quantitative estimate of drug-likeness (QED) is 0.184. The van der Waals surface area contributed by atoms with Gasteiger partial charge in [0, 0.05) is 31.0 Å². The van der Waals surface area contributed by atoms with Crippen molar-refractivity contribution < 1.29 is 32.6 Å². The van der Waals surface area contributed by atoms with Crippen LogP contribution < -0.4 is 4.72 Å². The third-order valence-electron chi connectivity index (χ3n) is 17.0. The predicted octanol–water partition coefficient (Wildman–Crippen LogP) is 7.60. The SMILES string of the molecule is C=C(C)[C@@H]1CC[C@]2(CC(=O)N3CC[C@H](NS(C)(=O)=O)C3)CC[C@]3(C)[C@H](CC[C@@H]4[C@@]5(C)CC[C@H](OC(=O)CC(C)(C)C(=O)O)C(C)(C)[C@@H]5CC[C@]43C)[C@@H]12. The smallest absolute Gasteiger partial charge is 0.309 e. The Kier molecular flexibility index (Phi) is 10.0. The molecule has 0 aromatic carbocycles. The number of hydrogen-bond acceptors (Lipinski definition) is 6. The van der Waals surface area contributed by atoms with Crippen molar-refractivity contribution >= 4 is 27.9 Å². The molecule has 0 aromatic rings. The molecule has 6 rings (SSSR count). The van der Waals surface area contributed by atoms with E-state index in [1.807, 2.05) is 4.90 Å². The lowest BCUT2D eigenvalue weighted by Gasteiger charge is -2.73. The minimum atomic E-state index is -3.32. The molecule has 1 saturated heterocycles. The molecule has 5 aliphatic carbocycles. The van der Waals surface area contributed by atoms with Gasteiger partial charge in [-0.3, -0.25) is 14.4 Å². The number of hydrogen-bond donors (Lipinski definition) is 2. The molecule has 11 atom stereocenters. The van der Waals surface area contributed by atoms with Crippen molar-refractivity contribution in [2.75, 3.05) is 19.3 Å². The summed E-state index contributed by atoms with van der Waals surface area (Å²) in [4.78, 5) is 40.8. The zero-order valence-electron chi connectivity index (χ0n) is 33.6. The van der Waals surface area contributed by atoms with Crippen molar-refractivity contribution in [2.45, 2.75) is 151 Å². The van der Waals surface area contributed by atoms with Gasteiger partial charge in [0.1, 0.15) is 6.10 Å². The van der Waals surface area contributed by atoms with Crippen LogP contribution in [0.2, 0.25) is 0 Å². The van der Waals surface area contributed by atoms with Crippen LogP contribution in [0, 0.1) is 62.1 Å². The van der Waals surface area contributed by atoms with Crippen LogP contribution in [-0.4, -0.2) is 67.8 Å². The summed E-state index contributed by atoms with van der Waals surface area (Å²) in [5.74, 6) is 1.08. The molecule has 5 saturated carbocycles. The van der Waals surface area contributed by atoms with Crippen LogP contribution in [0.4, 0.5) is 0 Å². The molecule has 1 aliphatic heterocycles. The van der Waals surface area contributed by atoms with Gasteiger partial charge in [0.25, 0.3) is 0 Å². The fourth-order valence-corrected chi connectivity index (χ4v) is 15.0. The highest BCUT2D eigenvalue weighted by Crippen LogP contribution is 2.78. The van der Waals surface area contributed by atoms with E-state index in [0.29, 0.717) is 55.5 Å². The Morgan fingerprint density at radius 2 is 1.60 bits per heavy atom. The van der Waals surface area contributed by atoms with Crippen molar-refractivity contribution in [3.05, 3.63) is 12.2 Å². The molecule has 52 heavy (non-hydrogen) atoms. The summed E-state index contributed by atoms with van der Waals surface area (Å²) in [6.07, 6.45) is 12.7. The highest BCUT2D eigenvalue weighted by molar-refractivity contribution is 7.88. The Hall–Kier alpha value is -1.94. The largest absolute Gasteiger partial charge is 0.481 e. The van der Waals surface area contributed by atoms with Gasteiger partial charge in [-0.05, 0) is 143 Å². The Morgan fingerprint density at radius 3 is 2.23 bits per heavy atom. The Balaban J connectivity index is 1.23. The third kappa shape index (κ3) is 6.39. The number of nitrogens with zero attached hydrogens (tertiary/aromatic N) is 1. The first-order valence-corrected chi connectivity index (χ1v) is 22.1. The van der Waals surface area contributed by atoms with E-state index in [0.717, 1.165) is 57.8 Å². The van der Waals surface area contributed by atoms with Gasteiger partial charge in [-0.15, -0.1) is 0 Å². The maximum absolute atomic E-state index is 14.1. The number of aliphatic carboxylic acids is 1. The molecule has 0 radical (unpaired) electrons. The summed E-state index contributed by atoms with van der Waals surface area (Å²) in [5, 5.41) is 9.61. The van der Waals surface area contributed by atoms with Gasteiger partial charge >= 0.3 is 11.9 Å². The maximum atomic E-state index is 14.1. The summed E-state index contributed by atoms with van der Waals surface area (Å²) in [7, 11) is -3.32. The molecule has 294 valence electrons. The van der Waals surface area contributed by atoms with E-state index in [9.17, 15) is 27.9 Å². The van der Waals surface area contributed by atoms with E-state index < -0.39 is 27.4 Å². The summed E-state index contributed by atoms with van der Waals surface area (Å²) in [6.45, 7) is 23.3. The summed E-state index contributed by atoms with van der Waals surface area (Å²) in [5.41, 5.74) is 0.209. The van der Waals surface area contributed by atoms with Gasteiger partial charge in [0.15, 0.2) is 0 Å². The van der Waals surface area contributed by atoms with Gasteiger partial charge in [-0.2, -0.15) is 0 Å². The summed E-state index contributed by atoms with van der Waals surface area (Å²) in [6, 6.07) is -0.212. The number of amides is 1. The number of carbonyl (C=O) groups excluding carboxylic acids is 2. The van der Waals surface area contributed by atoms with Crippen LogP contribution in [0.3, 0.4) is 0 Å². The topological polar surface area (TPSA) is 130 Å². The number of rotatable bonds is 9. The van der Waals surface area contributed by atoms with Crippen molar-refractivity contribution in [1.29, 1.82) is 0 Å². The average molecular weight is 745 g/mol. The van der Waals surface area contributed by atoms with Crippen molar-refractivity contribution in [1.82, 2.24) is 9.62 Å². The standard InChI is InChI=1S/C42H68N2O7S/c1-26(2)28-13-19-42(23-33(45)44-22-16-27(25-44)43-52(10,49)50)21-20-40(8)29(35(28)42)11-12-31-39(7)17-15-32(51-34(46)24-37(3,4)36(47)48)38(5,6)30(39)14-18-41(31,40)9/h27-32,35,43H,1,11-25H2,2-10H3,(H,47,48)/t27-,28-,29+,30-,31+,32-,35+,39-,40+,41+,42+/m0/s1. The maximum Gasteiger partial charge on any atom is 0.309 e. The van der Waals surface area contributed by atoms with Gasteiger partial charge < -0.3 is 14.7 Å². The van der Waals surface area contributed by atoms with Crippen LogP contribution in [-0.2, 0) is 29.1 Å². The van der Waals surface area contributed by atoms with Gasteiger partial charge in [-0.25, -0.2) is 13.1 Å².